The summed E-state index contributed by atoms with van der Waals surface area (Å²) < 4.78 is 0. The molecular weight excluding hydrogens is 340 g/mol. The number of aliphatic carboxylic acids is 1. The van der Waals surface area contributed by atoms with Crippen LogP contribution in [0.2, 0.25) is 0 Å². The molecule has 10 nitrogen and oxygen atoms in total. The van der Waals surface area contributed by atoms with Crippen molar-refractivity contribution in [1.29, 1.82) is 0 Å². The SMILES string of the molecule is O=C1NC[C@@]2(C(=O)O)CN(C(=O)Cc3nc(-c4ccncc4)n[nH]3)C[C@@H]12. The normalized spacial score (nSPS) is 24.4. The van der Waals surface area contributed by atoms with Crippen LogP contribution in [0.25, 0.3) is 11.4 Å². The van der Waals surface area contributed by atoms with Crippen LogP contribution in [0.1, 0.15) is 5.82 Å². The third-order valence-electron chi connectivity index (χ3n) is 5.01. The molecule has 2 aromatic rings. The van der Waals surface area contributed by atoms with E-state index in [0.717, 1.165) is 5.56 Å². The number of aromatic nitrogens is 4. The van der Waals surface area contributed by atoms with Gasteiger partial charge in [-0.15, -0.1) is 0 Å². The second-order valence-corrected chi connectivity index (χ2v) is 6.52. The minimum atomic E-state index is -1.24. The van der Waals surface area contributed by atoms with Crippen LogP contribution in [-0.2, 0) is 20.8 Å². The number of likely N-dealkylation sites (tertiary alicyclic amines) is 1. The fourth-order valence-corrected chi connectivity index (χ4v) is 3.53. The largest absolute Gasteiger partial charge is 0.481 e. The van der Waals surface area contributed by atoms with Crippen LogP contribution in [0.3, 0.4) is 0 Å². The van der Waals surface area contributed by atoms with Gasteiger partial charge in [0.2, 0.25) is 11.8 Å². The van der Waals surface area contributed by atoms with Crippen molar-refractivity contribution in [2.45, 2.75) is 6.42 Å². The third kappa shape index (κ3) is 2.50. The summed E-state index contributed by atoms with van der Waals surface area (Å²) in [6.07, 6.45) is 3.20. The highest BCUT2D eigenvalue weighted by molar-refractivity contribution is 5.94. The first-order chi connectivity index (χ1) is 12.5. The summed E-state index contributed by atoms with van der Waals surface area (Å²) in [5, 5.41) is 18.9. The lowest BCUT2D eigenvalue weighted by Gasteiger charge is -2.21. The Bertz CT molecular complexity index is 882. The van der Waals surface area contributed by atoms with Gasteiger partial charge in [-0.05, 0) is 12.1 Å². The van der Waals surface area contributed by atoms with Gasteiger partial charge in [0.25, 0.3) is 0 Å². The van der Waals surface area contributed by atoms with E-state index in [0.29, 0.717) is 11.6 Å². The number of aromatic amines is 1. The van der Waals surface area contributed by atoms with Gasteiger partial charge in [0.15, 0.2) is 5.82 Å². The fourth-order valence-electron chi connectivity index (χ4n) is 3.53. The molecule has 0 saturated carbocycles. The lowest BCUT2D eigenvalue weighted by Crippen LogP contribution is -2.41. The number of carbonyl (C=O) groups is 3. The monoisotopic (exact) mass is 356 g/mol. The molecule has 2 aliphatic heterocycles. The first-order valence-electron chi connectivity index (χ1n) is 8.10. The van der Waals surface area contributed by atoms with Crippen LogP contribution in [-0.4, -0.2) is 67.6 Å². The number of nitrogens with zero attached hydrogens (tertiary/aromatic N) is 4. The molecule has 4 heterocycles. The van der Waals surface area contributed by atoms with Crippen LogP contribution in [0.4, 0.5) is 0 Å². The van der Waals surface area contributed by atoms with Crippen LogP contribution < -0.4 is 5.32 Å². The highest BCUT2D eigenvalue weighted by Gasteiger charge is 2.60. The Morgan fingerprint density at radius 3 is 2.81 bits per heavy atom. The summed E-state index contributed by atoms with van der Waals surface area (Å²) in [6, 6.07) is 3.51. The first-order valence-corrected chi connectivity index (χ1v) is 8.10. The quantitative estimate of drug-likeness (QED) is 0.642. The molecule has 0 spiro atoms. The average Bonchev–Trinajstić information content (AvgIpc) is 3.32. The molecule has 0 unspecified atom stereocenters. The van der Waals surface area contributed by atoms with Gasteiger partial charge >= 0.3 is 5.97 Å². The third-order valence-corrected chi connectivity index (χ3v) is 5.01. The topological polar surface area (TPSA) is 141 Å². The summed E-state index contributed by atoms with van der Waals surface area (Å²) in [6.45, 7) is 0.155. The maximum absolute atomic E-state index is 12.6. The van der Waals surface area contributed by atoms with Crippen molar-refractivity contribution >= 4 is 17.8 Å². The van der Waals surface area contributed by atoms with Gasteiger partial charge in [0, 0.05) is 37.6 Å². The maximum atomic E-state index is 12.6. The number of carboxylic acids is 1. The molecule has 0 aromatic carbocycles. The molecule has 4 rings (SSSR count). The van der Waals surface area contributed by atoms with Crippen molar-refractivity contribution in [2.24, 2.45) is 11.3 Å². The minimum Gasteiger partial charge on any atom is -0.481 e. The summed E-state index contributed by atoms with van der Waals surface area (Å²) in [4.78, 5) is 45.8. The predicted molar refractivity (Wildman–Crippen MR) is 86.5 cm³/mol. The zero-order chi connectivity index (χ0) is 18.3. The van der Waals surface area contributed by atoms with E-state index in [4.69, 9.17) is 0 Å². The summed E-state index contributed by atoms with van der Waals surface area (Å²) in [5.74, 6) is -1.54. The lowest BCUT2D eigenvalue weighted by atomic mass is 9.81. The number of nitrogens with one attached hydrogen (secondary N) is 2. The summed E-state index contributed by atoms with van der Waals surface area (Å²) in [5.41, 5.74) is -0.469. The van der Waals surface area contributed by atoms with E-state index in [1.165, 1.54) is 4.90 Å². The van der Waals surface area contributed by atoms with Gasteiger partial charge in [-0.3, -0.25) is 24.5 Å². The van der Waals surface area contributed by atoms with Gasteiger partial charge in [-0.2, -0.15) is 5.10 Å². The number of hydrogen-bond donors (Lipinski definition) is 3. The van der Waals surface area contributed by atoms with Crippen LogP contribution >= 0.6 is 0 Å². The van der Waals surface area contributed by atoms with Crippen molar-refractivity contribution in [2.75, 3.05) is 19.6 Å². The van der Waals surface area contributed by atoms with Gasteiger partial charge in [0.1, 0.15) is 11.2 Å². The van der Waals surface area contributed by atoms with Crippen molar-refractivity contribution < 1.29 is 19.5 Å². The van der Waals surface area contributed by atoms with E-state index in [2.05, 4.69) is 25.5 Å². The highest BCUT2D eigenvalue weighted by Crippen LogP contribution is 2.40. The molecule has 134 valence electrons. The Labute approximate surface area is 147 Å². The number of H-pyrrole nitrogens is 1. The number of pyridine rings is 1. The van der Waals surface area contributed by atoms with Gasteiger partial charge < -0.3 is 15.3 Å². The number of amides is 2. The Kier molecular flexibility index (Phi) is 3.67. The maximum Gasteiger partial charge on any atom is 0.314 e. The smallest absolute Gasteiger partial charge is 0.314 e. The number of hydrogen-bond acceptors (Lipinski definition) is 6. The number of carbonyl (C=O) groups excluding carboxylic acids is 2. The zero-order valence-electron chi connectivity index (χ0n) is 13.7. The lowest BCUT2D eigenvalue weighted by molar-refractivity contribution is -0.150. The Morgan fingerprint density at radius 1 is 1.35 bits per heavy atom. The first kappa shape index (κ1) is 16.2. The Morgan fingerprint density at radius 2 is 2.12 bits per heavy atom. The molecule has 26 heavy (non-hydrogen) atoms. The fraction of sp³-hybridized carbons (Fsp3) is 0.375. The van der Waals surface area contributed by atoms with Crippen LogP contribution in [0.5, 0.6) is 0 Å². The van der Waals surface area contributed by atoms with E-state index in [9.17, 15) is 19.5 Å². The summed E-state index contributed by atoms with van der Waals surface area (Å²) in [7, 11) is 0. The molecule has 2 amide bonds. The zero-order valence-corrected chi connectivity index (χ0v) is 13.7. The van der Waals surface area contributed by atoms with Crippen LogP contribution in [0, 0.1) is 11.3 Å². The highest BCUT2D eigenvalue weighted by atomic mass is 16.4. The molecule has 0 radical (unpaired) electrons. The van der Waals surface area contributed by atoms with Gasteiger partial charge in [-0.25, -0.2) is 4.98 Å². The predicted octanol–water partition coefficient (Wildman–Crippen LogP) is -0.932. The molecule has 2 saturated heterocycles. The van der Waals surface area contributed by atoms with Crippen molar-refractivity contribution in [3.63, 3.8) is 0 Å². The van der Waals surface area contributed by atoms with E-state index in [-0.39, 0.29) is 37.9 Å². The second kappa shape index (κ2) is 5.90. The Hall–Kier alpha value is -3.30. The molecular formula is C16H16N6O4. The standard InChI is InChI=1S/C16H16N6O4/c23-12(5-11-19-13(21-20-11)9-1-3-17-4-2-9)22-6-10-14(24)18-7-16(10,8-22)15(25)26/h1-4,10H,5-8H2,(H,18,24)(H,25,26)(H,19,20,21)/t10-,16+/m0/s1. The summed E-state index contributed by atoms with van der Waals surface area (Å²) >= 11 is 0. The van der Waals surface area contributed by atoms with E-state index >= 15 is 0 Å². The number of carboxylic acid groups (broad SMARTS) is 1. The number of rotatable bonds is 4. The van der Waals surface area contributed by atoms with E-state index in [1.54, 1.807) is 24.5 Å². The van der Waals surface area contributed by atoms with Crippen molar-refractivity contribution in [3.05, 3.63) is 30.4 Å². The van der Waals surface area contributed by atoms with E-state index < -0.39 is 17.3 Å². The van der Waals surface area contributed by atoms with Crippen LogP contribution in [0.15, 0.2) is 24.5 Å². The second-order valence-electron chi connectivity index (χ2n) is 6.52. The van der Waals surface area contributed by atoms with Gasteiger partial charge in [-0.1, -0.05) is 0 Å². The number of fused-ring (bicyclic) bond motifs is 1. The Balaban J connectivity index is 1.47. The van der Waals surface area contributed by atoms with Crippen molar-refractivity contribution in [3.8, 4) is 11.4 Å². The molecule has 3 N–H and O–H groups in total. The molecule has 2 fully saturated rings. The molecule has 0 aliphatic carbocycles. The molecule has 2 atom stereocenters. The van der Waals surface area contributed by atoms with Gasteiger partial charge in [0.05, 0.1) is 12.3 Å². The molecule has 2 aromatic heterocycles. The van der Waals surface area contributed by atoms with E-state index in [1.807, 2.05) is 0 Å². The molecule has 0 bridgehead atoms. The van der Waals surface area contributed by atoms with Crippen molar-refractivity contribution in [1.82, 2.24) is 30.4 Å². The molecule has 10 heteroatoms. The average molecular weight is 356 g/mol. The molecule has 2 aliphatic rings. The minimum absolute atomic E-state index is 0.00984.